The molecule has 0 saturated carbocycles. The predicted molar refractivity (Wildman–Crippen MR) is 78.8 cm³/mol. The number of aryl methyl sites for hydroxylation is 1. The van der Waals surface area contributed by atoms with Crippen molar-refractivity contribution in [2.45, 2.75) is 46.2 Å². The van der Waals surface area contributed by atoms with Crippen molar-refractivity contribution in [3.05, 3.63) is 33.9 Å². The Bertz CT molecular complexity index is 521. The summed E-state index contributed by atoms with van der Waals surface area (Å²) >= 11 is 0. The summed E-state index contributed by atoms with van der Waals surface area (Å²) in [6.07, 6.45) is 0. The van der Waals surface area contributed by atoms with E-state index in [0.717, 1.165) is 5.56 Å². The van der Waals surface area contributed by atoms with Crippen molar-refractivity contribution < 1.29 is 9.72 Å². The molecule has 1 amide bonds. The van der Waals surface area contributed by atoms with Gasteiger partial charge in [-0.2, -0.15) is 0 Å². The molecule has 2 N–H and O–H groups in total. The maximum atomic E-state index is 12.0. The number of nitrogens with one attached hydrogen (secondary N) is 2. The quantitative estimate of drug-likeness (QED) is 0.655. The summed E-state index contributed by atoms with van der Waals surface area (Å²) in [7, 11) is 0. The summed E-state index contributed by atoms with van der Waals surface area (Å²) in [5.41, 5.74) is 0.776. The number of carbonyl (C=O) groups is 1. The highest BCUT2D eigenvalue weighted by molar-refractivity contribution is 5.85. The fourth-order valence-electron chi connectivity index (χ4n) is 1.69. The van der Waals surface area contributed by atoms with Crippen LogP contribution in [0, 0.1) is 17.0 Å². The minimum atomic E-state index is -0.560. The van der Waals surface area contributed by atoms with Gasteiger partial charge < -0.3 is 10.6 Å². The van der Waals surface area contributed by atoms with Crippen LogP contribution in [-0.2, 0) is 4.79 Å². The van der Waals surface area contributed by atoms with Crippen LogP contribution in [0.4, 0.5) is 11.4 Å². The summed E-state index contributed by atoms with van der Waals surface area (Å²) in [6.45, 7) is 9.10. The van der Waals surface area contributed by atoms with Crippen molar-refractivity contribution in [3.63, 3.8) is 0 Å². The van der Waals surface area contributed by atoms with Crippen molar-refractivity contribution in [2.75, 3.05) is 5.32 Å². The molecule has 6 heteroatoms. The zero-order valence-corrected chi connectivity index (χ0v) is 12.5. The summed E-state index contributed by atoms with van der Waals surface area (Å²) in [5.74, 6) is -0.202. The molecule has 1 aromatic carbocycles. The highest BCUT2D eigenvalue weighted by atomic mass is 16.6. The predicted octanol–water partition coefficient (Wildman–Crippen LogP) is 2.62. The van der Waals surface area contributed by atoms with Gasteiger partial charge in [-0.15, -0.1) is 0 Å². The molecule has 0 fully saturated rings. The topological polar surface area (TPSA) is 84.3 Å². The minimum absolute atomic E-state index is 0.0274. The highest BCUT2D eigenvalue weighted by Gasteiger charge is 2.22. The second-order valence-electron chi connectivity index (χ2n) is 5.88. The highest BCUT2D eigenvalue weighted by Crippen LogP contribution is 2.25. The van der Waals surface area contributed by atoms with E-state index in [-0.39, 0.29) is 17.1 Å². The van der Waals surface area contributed by atoms with Crippen molar-refractivity contribution in [1.29, 1.82) is 0 Å². The van der Waals surface area contributed by atoms with Gasteiger partial charge in [0.25, 0.3) is 5.69 Å². The van der Waals surface area contributed by atoms with E-state index in [9.17, 15) is 14.9 Å². The zero-order valence-electron chi connectivity index (χ0n) is 12.5. The van der Waals surface area contributed by atoms with Crippen LogP contribution in [0.1, 0.15) is 33.3 Å². The van der Waals surface area contributed by atoms with Gasteiger partial charge in [-0.25, -0.2) is 0 Å². The average molecular weight is 279 g/mol. The first kappa shape index (κ1) is 15.9. The van der Waals surface area contributed by atoms with Crippen molar-refractivity contribution in [3.8, 4) is 0 Å². The number of rotatable bonds is 4. The summed E-state index contributed by atoms with van der Waals surface area (Å²) < 4.78 is 0. The van der Waals surface area contributed by atoms with Gasteiger partial charge >= 0.3 is 0 Å². The lowest BCUT2D eigenvalue weighted by Gasteiger charge is -2.24. The van der Waals surface area contributed by atoms with Crippen LogP contribution in [0.3, 0.4) is 0 Å². The Hall–Kier alpha value is -2.11. The van der Waals surface area contributed by atoms with Gasteiger partial charge in [-0.05, 0) is 46.2 Å². The first-order valence-corrected chi connectivity index (χ1v) is 6.44. The fourth-order valence-corrected chi connectivity index (χ4v) is 1.69. The monoisotopic (exact) mass is 279 g/mol. The third-order valence-electron chi connectivity index (χ3n) is 2.61. The molecule has 20 heavy (non-hydrogen) atoms. The molecule has 1 rings (SSSR count). The Morgan fingerprint density at radius 1 is 1.35 bits per heavy atom. The summed E-state index contributed by atoms with van der Waals surface area (Å²) in [4.78, 5) is 22.5. The molecule has 1 unspecified atom stereocenters. The molecule has 1 aromatic rings. The molecule has 0 spiro atoms. The van der Waals surface area contributed by atoms with Gasteiger partial charge in [0.1, 0.15) is 11.7 Å². The van der Waals surface area contributed by atoms with Crippen LogP contribution in [0.5, 0.6) is 0 Å². The number of hydrogen-bond donors (Lipinski definition) is 2. The van der Waals surface area contributed by atoms with Gasteiger partial charge in [0.15, 0.2) is 0 Å². The van der Waals surface area contributed by atoms with Crippen LogP contribution < -0.4 is 10.6 Å². The van der Waals surface area contributed by atoms with E-state index in [4.69, 9.17) is 0 Å². The standard InChI is InChI=1S/C14H21N3O3/c1-9-6-7-11(12(8-9)17(19)20)15-10(2)13(18)16-14(3,4)5/h6-8,10,15H,1-5H3,(H,16,18). The van der Waals surface area contributed by atoms with Gasteiger partial charge in [0.2, 0.25) is 5.91 Å². The zero-order chi connectivity index (χ0) is 15.5. The number of carbonyl (C=O) groups excluding carboxylic acids is 1. The Morgan fingerprint density at radius 2 is 1.95 bits per heavy atom. The number of hydrogen-bond acceptors (Lipinski definition) is 4. The lowest BCUT2D eigenvalue weighted by molar-refractivity contribution is -0.384. The van der Waals surface area contributed by atoms with Gasteiger partial charge in [-0.3, -0.25) is 14.9 Å². The molecule has 0 aliphatic rings. The lowest BCUT2D eigenvalue weighted by Crippen LogP contribution is -2.47. The number of benzene rings is 1. The van der Waals surface area contributed by atoms with Crippen molar-refractivity contribution in [1.82, 2.24) is 5.32 Å². The van der Waals surface area contributed by atoms with Crippen LogP contribution in [0.15, 0.2) is 18.2 Å². The fraction of sp³-hybridized carbons (Fsp3) is 0.500. The van der Waals surface area contributed by atoms with E-state index < -0.39 is 11.0 Å². The van der Waals surface area contributed by atoms with Crippen LogP contribution >= 0.6 is 0 Å². The molecule has 0 heterocycles. The van der Waals surface area contributed by atoms with Crippen LogP contribution in [0.2, 0.25) is 0 Å². The van der Waals surface area contributed by atoms with E-state index in [1.165, 1.54) is 6.07 Å². The number of nitrogens with zero attached hydrogens (tertiary/aromatic N) is 1. The molecule has 6 nitrogen and oxygen atoms in total. The van der Waals surface area contributed by atoms with Gasteiger partial charge in [-0.1, -0.05) is 6.07 Å². The molecular formula is C14H21N3O3. The Kier molecular flexibility index (Phi) is 4.70. The Morgan fingerprint density at radius 3 is 2.45 bits per heavy atom. The number of nitro groups is 1. The van der Waals surface area contributed by atoms with E-state index in [1.807, 2.05) is 20.8 Å². The van der Waals surface area contributed by atoms with Gasteiger partial charge in [0.05, 0.1) is 4.92 Å². The summed E-state index contributed by atoms with van der Waals surface area (Å²) in [5, 5.41) is 16.7. The molecule has 0 bridgehead atoms. The van der Waals surface area contributed by atoms with Crippen LogP contribution in [0.25, 0.3) is 0 Å². The molecule has 0 aromatic heterocycles. The molecule has 1 atom stereocenters. The normalized spacial score (nSPS) is 12.7. The number of amides is 1. The second-order valence-corrected chi connectivity index (χ2v) is 5.88. The van der Waals surface area contributed by atoms with E-state index in [2.05, 4.69) is 10.6 Å². The minimum Gasteiger partial charge on any atom is -0.368 e. The third kappa shape index (κ3) is 4.53. The molecule has 0 radical (unpaired) electrons. The Labute approximate surface area is 118 Å². The lowest BCUT2D eigenvalue weighted by atomic mass is 10.1. The molecule has 110 valence electrons. The maximum Gasteiger partial charge on any atom is 0.292 e. The van der Waals surface area contributed by atoms with E-state index >= 15 is 0 Å². The third-order valence-corrected chi connectivity index (χ3v) is 2.61. The molecule has 0 aliphatic carbocycles. The molecular weight excluding hydrogens is 258 g/mol. The first-order chi connectivity index (χ1) is 9.10. The largest absolute Gasteiger partial charge is 0.368 e. The Balaban J connectivity index is 2.88. The van der Waals surface area contributed by atoms with Crippen LogP contribution in [-0.4, -0.2) is 22.4 Å². The second kappa shape index (κ2) is 5.90. The van der Waals surface area contributed by atoms with E-state index in [0.29, 0.717) is 5.69 Å². The SMILES string of the molecule is Cc1ccc(NC(C)C(=O)NC(C)(C)C)c([N+](=O)[O-])c1. The number of nitro benzene ring substituents is 1. The average Bonchev–Trinajstić information content (AvgIpc) is 2.28. The number of anilines is 1. The maximum absolute atomic E-state index is 12.0. The smallest absolute Gasteiger partial charge is 0.292 e. The summed E-state index contributed by atoms with van der Waals surface area (Å²) in [6, 6.07) is 4.31. The first-order valence-electron chi connectivity index (χ1n) is 6.44. The molecule has 0 saturated heterocycles. The van der Waals surface area contributed by atoms with Crippen molar-refractivity contribution >= 4 is 17.3 Å². The van der Waals surface area contributed by atoms with Gasteiger partial charge in [0, 0.05) is 11.6 Å². The van der Waals surface area contributed by atoms with Crippen molar-refractivity contribution in [2.24, 2.45) is 0 Å². The van der Waals surface area contributed by atoms with E-state index in [1.54, 1.807) is 26.0 Å². The molecule has 0 aliphatic heterocycles.